The van der Waals surface area contributed by atoms with Gasteiger partial charge < -0.3 is 10.1 Å². The summed E-state index contributed by atoms with van der Waals surface area (Å²) in [5.41, 5.74) is 0.907. The van der Waals surface area contributed by atoms with Crippen LogP contribution in [0, 0.1) is 6.92 Å². The van der Waals surface area contributed by atoms with E-state index in [1.54, 1.807) is 7.11 Å². The molecule has 22 heavy (non-hydrogen) atoms. The van der Waals surface area contributed by atoms with E-state index in [4.69, 9.17) is 4.74 Å². The summed E-state index contributed by atoms with van der Waals surface area (Å²) < 4.78 is 7.01. The van der Waals surface area contributed by atoms with E-state index < -0.39 is 0 Å². The number of carbonyl (C=O) groups excluding carboxylic acids is 1. The molecule has 1 heterocycles. The van der Waals surface area contributed by atoms with Crippen molar-refractivity contribution >= 4 is 23.5 Å². The number of amides is 1. The maximum Gasteiger partial charge on any atom is 0.235 e. The number of ether oxygens (including phenoxy) is 1. The highest BCUT2D eigenvalue weighted by atomic mass is 32.2. The van der Waals surface area contributed by atoms with Crippen molar-refractivity contribution in [2.45, 2.75) is 31.7 Å². The maximum atomic E-state index is 12.1. The summed E-state index contributed by atoms with van der Waals surface area (Å²) in [5, 5.41) is 7.30. The van der Waals surface area contributed by atoms with Crippen molar-refractivity contribution in [3.8, 4) is 5.75 Å². The molecule has 6 heteroatoms. The molecule has 1 aromatic heterocycles. The van der Waals surface area contributed by atoms with Crippen molar-refractivity contribution < 1.29 is 9.53 Å². The van der Waals surface area contributed by atoms with Gasteiger partial charge in [0.15, 0.2) is 0 Å². The maximum absolute atomic E-state index is 12.1. The molecule has 2 aromatic rings. The second-order valence-electron chi connectivity index (χ2n) is 4.91. The summed E-state index contributed by atoms with van der Waals surface area (Å²) in [4.78, 5) is 13.1. The normalized spacial score (nSPS) is 10.5. The van der Waals surface area contributed by atoms with Gasteiger partial charge in [-0.2, -0.15) is 5.10 Å². The molecule has 0 atom stereocenters. The minimum Gasteiger partial charge on any atom is -0.497 e. The number of benzene rings is 1. The van der Waals surface area contributed by atoms with E-state index in [1.807, 2.05) is 41.9 Å². The van der Waals surface area contributed by atoms with Crippen LogP contribution in [0.1, 0.15) is 19.0 Å². The zero-order chi connectivity index (χ0) is 15.9. The van der Waals surface area contributed by atoms with Gasteiger partial charge in [-0.05, 0) is 31.5 Å². The zero-order valence-corrected chi connectivity index (χ0v) is 13.9. The van der Waals surface area contributed by atoms with Crippen molar-refractivity contribution in [1.29, 1.82) is 0 Å². The van der Waals surface area contributed by atoms with Gasteiger partial charge in [0.25, 0.3) is 0 Å². The van der Waals surface area contributed by atoms with Gasteiger partial charge in [-0.15, -0.1) is 11.8 Å². The summed E-state index contributed by atoms with van der Waals surface area (Å²) in [5.74, 6) is 1.87. The average Bonchev–Trinajstić information content (AvgIpc) is 2.85. The summed E-state index contributed by atoms with van der Waals surface area (Å²) in [6, 6.07) is 9.58. The van der Waals surface area contributed by atoms with Crippen LogP contribution in [0.4, 0.5) is 5.82 Å². The highest BCUT2D eigenvalue weighted by Crippen LogP contribution is 2.23. The standard InChI is InChI=1S/C16H21N3O2S/c1-4-8-19-15(9-12(2)18-19)17-16(20)11-22-14-7-5-6-13(10-14)21-3/h5-7,9-10H,4,8,11H2,1-3H3,(H,17,20). The van der Waals surface area contributed by atoms with Crippen LogP contribution in [0.3, 0.4) is 0 Å². The van der Waals surface area contributed by atoms with Crippen LogP contribution in [0.2, 0.25) is 0 Å². The number of anilines is 1. The smallest absolute Gasteiger partial charge is 0.235 e. The summed E-state index contributed by atoms with van der Waals surface area (Å²) in [6.07, 6.45) is 0.975. The fraction of sp³-hybridized carbons (Fsp3) is 0.375. The van der Waals surface area contributed by atoms with Crippen LogP contribution in [0.5, 0.6) is 5.75 Å². The van der Waals surface area contributed by atoms with Gasteiger partial charge in [-0.1, -0.05) is 13.0 Å². The van der Waals surface area contributed by atoms with E-state index in [0.717, 1.165) is 35.1 Å². The minimum atomic E-state index is -0.0370. The molecule has 0 spiro atoms. The van der Waals surface area contributed by atoms with Gasteiger partial charge in [-0.25, -0.2) is 4.68 Å². The van der Waals surface area contributed by atoms with Crippen molar-refractivity contribution in [1.82, 2.24) is 9.78 Å². The fourth-order valence-electron chi connectivity index (χ4n) is 2.05. The molecule has 0 aliphatic carbocycles. The van der Waals surface area contributed by atoms with Crippen LogP contribution in [-0.2, 0) is 11.3 Å². The second kappa shape index (κ2) is 7.89. The fourth-order valence-corrected chi connectivity index (χ4v) is 2.79. The highest BCUT2D eigenvalue weighted by molar-refractivity contribution is 8.00. The predicted octanol–water partition coefficient (Wildman–Crippen LogP) is 3.34. The van der Waals surface area contributed by atoms with E-state index in [2.05, 4.69) is 17.3 Å². The van der Waals surface area contributed by atoms with Crippen LogP contribution < -0.4 is 10.1 Å². The third-order valence-corrected chi connectivity index (χ3v) is 4.01. The Bertz CT molecular complexity index is 640. The zero-order valence-electron chi connectivity index (χ0n) is 13.1. The molecule has 2 rings (SSSR count). The van der Waals surface area contributed by atoms with Crippen LogP contribution in [0.15, 0.2) is 35.2 Å². The third kappa shape index (κ3) is 4.53. The van der Waals surface area contributed by atoms with Gasteiger partial charge >= 0.3 is 0 Å². The number of thioether (sulfide) groups is 1. The lowest BCUT2D eigenvalue weighted by Crippen LogP contribution is -2.17. The predicted molar refractivity (Wildman–Crippen MR) is 89.6 cm³/mol. The molecular formula is C16H21N3O2S. The second-order valence-corrected chi connectivity index (χ2v) is 5.96. The average molecular weight is 319 g/mol. The monoisotopic (exact) mass is 319 g/mol. The lowest BCUT2D eigenvalue weighted by atomic mass is 10.3. The molecule has 0 saturated carbocycles. The van der Waals surface area contributed by atoms with Gasteiger partial charge in [0, 0.05) is 17.5 Å². The molecule has 5 nitrogen and oxygen atoms in total. The molecule has 1 amide bonds. The first-order valence-corrected chi connectivity index (χ1v) is 8.22. The molecule has 0 saturated heterocycles. The molecule has 0 fully saturated rings. The molecule has 0 aliphatic heterocycles. The Balaban J connectivity index is 1.92. The van der Waals surface area contributed by atoms with E-state index >= 15 is 0 Å². The molecule has 0 bridgehead atoms. The number of nitrogens with zero attached hydrogens (tertiary/aromatic N) is 2. The SMILES string of the molecule is CCCn1nc(C)cc1NC(=O)CSc1cccc(OC)c1. The molecule has 1 N–H and O–H groups in total. The number of rotatable bonds is 7. The van der Waals surface area contributed by atoms with Crippen molar-refractivity contribution in [3.05, 3.63) is 36.0 Å². The van der Waals surface area contributed by atoms with Gasteiger partial charge in [0.2, 0.25) is 5.91 Å². The van der Waals surface area contributed by atoms with E-state index in [1.165, 1.54) is 11.8 Å². The van der Waals surface area contributed by atoms with Crippen LogP contribution in [-0.4, -0.2) is 28.6 Å². The molecule has 0 unspecified atom stereocenters. The molecule has 1 aromatic carbocycles. The van der Waals surface area contributed by atoms with Gasteiger partial charge in [0.1, 0.15) is 11.6 Å². The Hall–Kier alpha value is -1.95. The van der Waals surface area contributed by atoms with E-state index in [-0.39, 0.29) is 5.91 Å². The van der Waals surface area contributed by atoms with Crippen LogP contribution in [0.25, 0.3) is 0 Å². The first kappa shape index (κ1) is 16.4. The summed E-state index contributed by atoms with van der Waals surface area (Å²) in [7, 11) is 1.63. The van der Waals surface area contributed by atoms with Crippen molar-refractivity contribution in [3.63, 3.8) is 0 Å². The largest absolute Gasteiger partial charge is 0.497 e. The number of carbonyl (C=O) groups is 1. The molecule has 118 valence electrons. The van der Waals surface area contributed by atoms with Crippen molar-refractivity contribution in [2.75, 3.05) is 18.2 Å². The Labute approximate surface area is 135 Å². The lowest BCUT2D eigenvalue weighted by Gasteiger charge is -2.08. The Morgan fingerprint density at radius 2 is 2.23 bits per heavy atom. The molecular weight excluding hydrogens is 298 g/mol. The van der Waals surface area contributed by atoms with Crippen molar-refractivity contribution in [2.24, 2.45) is 0 Å². The third-order valence-electron chi connectivity index (χ3n) is 3.02. The van der Waals surface area contributed by atoms with Gasteiger partial charge in [0.05, 0.1) is 18.6 Å². The van der Waals surface area contributed by atoms with Gasteiger partial charge in [-0.3, -0.25) is 4.79 Å². The molecule has 0 aliphatic rings. The van der Waals surface area contributed by atoms with E-state index in [0.29, 0.717) is 5.75 Å². The Kier molecular flexibility index (Phi) is 5.89. The number of nitrogens with one attached hydrogen (secondary N) is 1. The first-order chi connectivity index (χ1) is 10.6. The highest BCUT2D eigenvalue weighted by Gasteiger charge is 2.09. The number of hydrogen-bond donors (Lipinski definition) is 1. The summed E-state index contributed by atoms with van der Waals surface area (Å²) >= 11 is 1.48. The first-order valence-electron chi connectivity index (χ1n) is 7.23. The topological polar surface area (TPSA) is 56.2 Å². The lowest BCUT2D eigenvalue weighted by molar-refractivity contribution is -0.113. The number of aryl methyl sites for hydroxylation is 2. The Morgan fingerprint density at radius 3 is 2.95 bits per heavy atom. The number of methoxy groups -OCH3 is 1. The van der Waals surface area contributed by atoms with Crippen LogP contribution >= 0.6 is 11.8 Å². The molecule has 0 radical (unpaired) electrons. The number of aromatic nitrogens is 2. The Morgan fingerprint density at radius 1 is 1.41 bits per heavy atom. The summed E-state index contributed by atoms with van der Waals surface area (Å²) in [6.45, 7) is 4.81. The quantitative estimate of drug-likeness (QED) is 0.795. The van der Waals surface area contributed by atoms with E-state index in [9.17, 15) is 4.79 Å². The number of hydrogen-bond acceptors (Lipinski definition) is 4. The minimum absolute atomic E-state index is 0.0370.